The number of nitrogens with two attached hydrogens (primary N) is 2. The van der Waals surface area contributed by atoms with Gasteiger partial charge >= 0.3 is 0 Å². The first kappa shape index (κ1) is 18.1. The van der Waals surface area contributed by atoms with Gasteiger partial charge in [-0.1, -0.05) is 44.7 Å². The number of amides is 1. The summed E-state index contributed by atoms with van der Waals surface area (Å²) in [6.45, 7) is 8.35. The van der Waals surface area contributed by atoms with E-state index in [1.54, 1.807) is 6.92 Å². The fourth-order valence-electron chi connectivity index (χ4n) is 1.90. The molecule has 0 saturated carbocycles. The minimum absolute atomic E-state index is 0.0964. The number of primary amides is 1. The molecular formula is C16H23N5O2S. The second-order valence-electron chi connectivity index (χ2n) is 6.49. The van der Waals surface area contributed by atoms with Crippen molar-refractivity contribution in [2.75, 3.05) is 5.84 Å². The fraction of sp³-hybridized carbons (Fsp3) is 0.438. The Balaban J connectivity index is 2.00. The monoisotopic (exact) mass is 349 g/mol. The zero-order chi connectivity index (χ0) is 17.9. The van der Waals surface area contributed by atoms with E-state index >= 15 is 0 Å². The molecule has 0 aliphatic rings. The highest BCUT2D eigenvalue weighted by Gasteiger charge is 2.17. The molecule has 0 spiro atoms. The summed E-state index contributed by atoms with van der Waals surface area (Å²) < 4.78 is 7.02. The molecule has 2 rings (SSSR count). The Hall–Kier alpha value is -2.22. The second kappa shape index (κ2) is 7.12. The quantitative estimate of drug-likeness (QED) is 0.608. The molecule has 1 aromatic carbocycles. The average molecular weight is 349 g/mol. The van der Waals surface area contributed by atoms with Gasteiger partial charge in [-0.2, -0.15) is 0 Å². The standard InChI is InChI=1S/C16H23N5O2S/c1-10(14(17)22)24-15-20-19-13(21(15)18)9-23-12-7-5-11(6-8-12)16(2,3)4/h5-8,10H,9,18H2,1-4H3,(H2,17,22). The largest absolute Gasteiger partial charge is 0.486 e. The number of hydrogen-bond donors (Lipinski definition) is 2. The number of thioether (sulfide) groups is 1. The highest BCUT2D eigenvalue weighted by molar-refractivity contribution is 8.00. The van der Waals surface area contributed by atoms with Crippen LogP contribution in [0, 0.1) is 0 Å². The molecule has 1 aromatic heterocycles. The van der Waals surface area contributed by atoms with Gasteiger partial charge in [0.05, 0.1) is 5.25 Å². The van der Waals surface area contributed by atoms with Gasteiger partial charge in [0.2, 0.25) is 11.1 Å². The van der Waals surface area contributed by atoms with Gasteiger partial charge in [-0.3, -0.25) is 4.79 Å². The SMILES string of the molecule is CC(Sc1nnc(COc2ccc(C(C)(C)C)cc2)n1N)C(N)=O. The van der Waals surface area contributed by atoms with Crippen molar-refractivity contribution in [1.29, 1.82) is 0 Å². The molecule has 0 saturated heterocycles. The Morgan fingerprint density at radius 2 is 1.92 bits per heavy atom. The molecular weight excluding hydrogens is 326 g/mol. The average Bonchev–Trinajstić information content (AvgIpc) is 2.85. The van der Waals surface area contributed by atoms with E-state index in [-0.39, 0.29) is 12.0 Å². The highest BCUT2D eigenvalue weighted by Crippen LogP contribution is 2.25. The smallest absolute Gasteiger partial charge is 0.230 e. The van der Waals surface area contributed by atoms with Gasteiger partial charge in [-0.15, -0.1) is 10.2 Å². The van der Waals surface area contributed by atoms with Crippen LogP contribution in [0.25, 0.3) is 0 Å². The van der Waals surface area contributed by atoms with Crippen LogP contribution in [0.3, 0.4) is 0 Å². The van der Waals surface area contributed by atoms with E-state index in [1.807, 2.05) is 24.3 Å². The maximum Gasteiger partial charge on any atom is 0.230 e. The molecule has 0 bridgehead atoms. The van der Waals surface area contributed by atoms with E-state index in [4.69, 9.17) is 16.3 Å². The van der Waals surface area contributed by atoms with Crippen LogP contribution in [-0.2, 0) is 16.8 Å². The Kier molecular flexibility index (Phi) is 5.38. The minimum Gasteiger partial charge on any atom is -0.486 e. The van der Waals surface area contributed by atoms with E-state index < -0.39 is 11.2 Å². The third-order valence-electron chi connectivity index (χ3n) is 3.51. The van der Waals surface area contributed by atoms with E-state index in [9.17, 15) is 4.79 Å². The summed E-state index contributed by atoms with van der Waals surface area (Å²) in [6, 6.07) is 7.92. The predicted molar refractivity (Wildman–Crippen MR) is 94.2 cm³/mol. The molecule has 1 unspecified atom stereocenters. The van der Waals surface area contributed by atoms with Crippen LogP contribution in [-0.4, -0.2) is 26.0 Å². The highest BCUT2D eigenvalue weighted by atomic mass is 32.2. The van der Waals surface area contributed by atoms with Crippen LogP contribution >= 0.6 is 11.8 Å². The lowest BCUT2D eigenvalue weighted by Crippen LogP contribution is -2.24. The van der Waals surface area contributed by atoms with Crippen LogP contribution < -0.4 is 16.3 Å². The van der Waals surface area contributed by atoms with Gasteiger partial charge < -0.3 is 16.3 Å². The maximum atomic E-state index is 11.1. The Bertz CT molecular complexity index is 706. The number of rotatable bonds is 6. The predicted octanol–water partition coefficient (Wildman–Crippen LogP) is 1.83. The molecule has 0 aliphatic heterocycles. The number of hydrogen-bond acceptors (Lipinski definition) is 6. The third kappa shape index (κ3) is 4.41. The number of benzene rings is 1. The molecule has 2 aromatic rings. The maximum absolute atomic E-state index is 11.1. The zero-order valence-electron chi connectivity index (χ0n) is 14.3. The molecule has 130 valence electrons. The van der Waals surface area contributed by atoms with Crippen molar-refractivity contribution in [3.05, 3.63) is 35.7 Å². The van der Waals surface area contributed by atoms with Crippen LogP contribution in [0.5, 0.6) is 5.75 Å². The van der Waals surface area contributed by atoms with Gasteiger partial charge in [0, 0.05) is 0 Å². The molecule has 4 N–H and O–H groups in total. The number of nitrogen functional groups attached to an aromatic ring is 1. The summed E-state index contributed by atoms with van der Waals surface area (Å²) in [6.07, 6.45) is 0. The van der Waals surface area contributed by atoms with E-state index in [0.717, 1.165) is 17.5 Å². The Morgan fingerprint density at radius 3 is 2.46 bits per heavy atom. The molecule has 1 heterocycles. The topological polar surface area (TPSA) is 109 Å². The molecule has 8 heteroatoms. The fourth-order valence-corrected chi connectivity index (χ4v) is 2.64. The first-order chi connectivity index (χ1) is 11.2. The molecule has 24 heavy (non-hydrogen) atoms. The van der Waals surface area contributed by atoms with Crippen molar-refractivity contribution in [3.63, 3.8) is 0 Å². The van der Waals surface area contributed by atoms with Crippen LogP contribution in [0.1, 0.15) is 39.1 Å². The summed E-state index contributed by atoms with van der Waals surface area (Å²) in [5, 5.41) is 7.93. The van der Waals surface area contributed by atoms with Gasteiger partial charge in [-0.05, 0) is 30.0 Å². The molecule has 0 radical (unpaired) electrons. The molecule has 1 amide bonds. The van der Waals surface area contributed by atoms with Gasteiger partial charge in [0.25, 0.3) is 0 Å². The van der Waals surface area contributed by atoms with Crippen molar-refractivity contribution >= 4 is 17.7 Å². The number of aromatic nitrogens is 3. The van der Waals surface area contributed by atoms with E-state index in [2.05, 4.69) is 31.0 Å². The van der Waals surface area contributed by atoms with Crippen molar-refractivity contribution in [3.8, 4) is 5.75 Å². The summed E-state index contributed by atoms with van der Waals surface area (Å²) in [5.41, 5.74) is 6.56. The van der Waals surface area contributed by atoms with E-state index in [0.29, 0.717) is 11.0 Å². The summed E-state index contributed by atoms with van der Waals surface area (Å²) in [4.78, 5) is 11.1. The van der Waals surface area contributed by atoms with Crippen molar-refractivity contribution in [2.24, 2.45) is 5.73 Å². The molecule has 7 nitrogen and oxygen atoms in total. The van der Waals surface area contributed by atoms with Crippen molar-refractivity contribution in [1.82, 2.24) is 14.9 Å². The van der Waals surface area contributed by atoms with E-state index in [1.165, 1.54) is 10.2 Å². The normalized spacial score (nSPS) is 12.8. The van der Waals surface area contributed by atoms with Crippen LogP contribution in [0.15, 0.2) is 29.4 Å². The first-order valence-electron chi connectivity index (χ1n) is 7.57. The lowest BCUT2D eigenvalue weighted by atomic mass is 9.87. The van der Waals surface area contributed by atoms with Crippen LogP contribution in [0.2, 0.25) is 0 Å². The third-order valence-corrected chi connectivity index (χ3v) is 4.58. The zero-order valence-corrected chi connectivity index (χ0v) is 15.1. The van der Waals surface area contributed by atoms with Gasteiger partial charge in [0.1, 0.15) is 12.4 Å². The summed E-state index contributed by atoms with van der Waals surface area (Å²) in [7, 11) is 0. The van der Waals surface area contributed by atoms with Crippen molar-refractivity contribution in [2.45, 2.75) is 50.1 Å². The summed E-state index contributed by atoms with van der Waals surface area (Å²) in [5.74, 6) is 6.70. The lowest BCUT2D eigenvalue weighted by Gasteiger charge is -2.19. The molecule has 1 atom stereocenters. The first-order valence-corrected chi connectivity index (χ1v) is 8.45. The molecule has 0 aliphatic carbocycles. The molecule has 0 fully saturated rings. The van der Waals surface area contributed by atoms with Crippen molar-refractivity contribution < 1.29 is 9.53 Å². The second-order valence-corrected chi connectivity index (χ2v) is 7.80. The summed E-state index contributed by atoms with van der Waals surface area (Å²) >= 11 is 1.16. The van der Waals surface area contributed by atoms with Gasteiger partial charge in [-0.25, -0.2) is 4.68 Å². The number of ether oxygens (including phenoxy) is 1. The Morgan fingerprint density at radius 1 is 1.29 bits per heavy atom. The number of nitrogens with zero attached hydrogens (tertiary/aromatic N) is 3. The number of carbonyl (C=O) groups excluding carboxylic acids is 1. The van der Waals surface area contributed by atoms with Crippen LogP contribution in [0.4, 0.5) is 0 Å². The number of carbonyl (C=O) groups is 1. The Labute approximate surface area is 145 Å². The van der Waals surface area contributed by atoms with Gasteiger partial charge in [0.15, 0.2) is 5.82 Å². The lowest BCUT2D eigenvalue weighted by molar-refractivity contribution is -0.117. The minimum atomic E-state index is -0.435.